The number of thiophene rings is 1. The van der Waals surface area contributed by atoms with E-state index >= 15 is 0 Å². The third kappa shape index (κ3) is 3.68. The van der Waals surface area contributed by atoms with E-state index in [2.05, 4.69) is 0 Å². The molecule has 4 heteroatoms. The first-order valence-electron chi connectivity index (χ1n) is 4.51. The lowest BCUT2D eigenvalue weighted by molar-refractivity contribution is -0.147. The van der Waals surface area contributed by atoms with Gasteiger partial charge in [-0.05, 0) is 32.2 Å². The van der Waals surface area contributed by atoms with Crippen LogP contribution in [-0.4, -0.2) is 11.6 Å². The first-order chi connectivity index (χ1) is 6.94. The maximum Gasteiger partial charge on any atom is 0.340 e. The third-order valence-electron chi connectivity index (χ3n) is 1.51. The summed E-state index contributed by atoms with van der Waals surface area (Å²) in [5.41, 5.74) is 1.17. The zero-order valence-corrected chi connectivity index (χ0v) is 10.5. The lowest BCUT2D eigenvalue weighted by Crippen LogP contribution is -2.24. The number of hydrogen-bond donors (Lipinski definition) is 0. The van der Waals surface area contributed by atoms with Crippen LogP contribution in [0.4, 0.5) is 0 Å². The fourth-order valence-corrected chi connectivity index (χ4v) is 1.97. The summed E-state index contributed by atoms with van der Waals surface area (Å²) in [6.45, 7) is 5.47. The van der Waals surface area contributed by atoms with Crippen molar-refractivity contribution in [3.63, 3.8) is 0 Å². The molecule has 0 aliphatic heterocycles. The van der Waals surface area contributed by atoms with E-state index in [1.807, 2.05) is 38.3 Å². The average Bonchev–Trinajstić information content (AvgIpc) is 2.54. The minimum atomic E-state index is -0.501. The van der Waals surface area contributed by atoms with Crippen LogP contribution in [0.15, 0.2) is 23.0 Å². The first kappa shape index (κ1) is 12.3. The van der Waals surface area contributed by atoms with Crippen LogP contribution in [0.2, 0.25) is 0 Å². The highest BCUT2D eigenvalue weighted by atomic mass is 35.5. The maximum atomic E-state index is 11.7. The molecule has 0 bridgehead atoms. The fourth-order valence-electron chi connectivity index (χ4n) is 0.964. The van der Waals surface area contributed by atoms with Crippen molar-refractivity contribution in [2.24, 2.45) is 0 Å². The molecular weight excluding hydrogens is 232 g/mol. The monoisotopic (exact) mass is 244 g/mol. The Morgan fingerprint density at radius 2 is 2.20 bits per heavy atom. The average molecular weight is 245 g/mol. The quantitative estimate of drug-likeness (QED) is 0.586. The predicted octanol–water partition coefficient (Wildman–Crippen LogP) is 3.67. The van der Waals surface area contributed by atoms with Gasteiger partial charge in [0.15, 0.2) is 0 Å². The van der Waals surface area contributed by atoms with Gasteiger partial charge in [-0.25, -0.2) is 4.79 Å². The summed E-state index contributed by atoms with van der Waals surface area (Å²) in [7, 11) is 0. The number of esters is 1. The summed E-state index contributed by atoms with van der Waals surface area (Å²) < 4.78 is 5.23. The van der Waals surface area contributed by atoms with Crippen molar-refractivity contribution < 1.29 is 9.53 Å². The van der Waals surface area contributed by atoms with Crippen molar-refractivity contribution >= 4 is 34.5 Å². The molecule has 15 heavy (non-hydrogen) atoms. The smallest absolute Gasteiger partial charge is 0.340 e. The molecule has 2 nitrogen and oxygen atoms in total. The summed E-state index contributed by atoms with van der Waals surface area (Å²) in [5.74, 6) is -0.389. The highest BCUT2D eigenvalue weighted by molar-refractivity contribution is 7.11. The highest BCUT2D eigenvalue weighted by Gasteiger charge is 2.21. The van der Waals surface area contributed by atoms with Gasteiger partial charge < -0.3 is 4.74 Å². The Labute approximate surface area is 98.5 Å². The van der Waals surface area contributed by atoms with Crippen LogP contribution >= 0.6 is 22.9 Å². The summed E-state index contributed by atoms with van der Waals surface area (Å²) in [6.07, 6.45) is 0. The van der Waals surface area contributed by atoms with E-state index in [0.29, 0.717) is 5.57 Å². The molecule has 0 unspecified atom stereocenters. The molecule has 1 heterocycles. The Bertz CT molecular complexity index is 360. The van der Waals surface area contributed by atoms with Crippen LogP contribution in [0.5, 0.6) is 0 Å². The zero-order chi connectivity index (χ0) is 11.5. The Morgan fingerprint density at radius 1 is 1.53 bits per heavy atom. The van der Waals surface area contributed by atoms with E-state index in [1.165, 1.54) is 16.9 Å². The van der Waals surface area contributed by atoms with E-state index in [0.717, 1.165) is 4.88 Å². The van der Waals surface area contributed by atoms with Gasteiger partial charge in [-0.3, -0.25) is 0 Å². The third-order valence-corrected chi connectivity index (χ3v) is 2.64. The number of carbonyl (C=O) groups excluding carboxylic acids is 1. The number of halogens is 1. The molecule has 0 spiro atoms. The van der Waals surface area contributed by atoms with Crippen molar-refractivity contribution in [2.45, 2.75) is 26.4 Å². The van der Waals surface area contributed by atoms with Crippen LogP contribution in [-0.2, 0) is 9.53 Å². The standard InChI is InChI=1S/C11H13ClO2S/c1-11(2,3)14-10(13)8(7-12)9-5-4-6-15-9/h4-7H,1-3H3/b8-7+. The van der Waals surface area contributed by atoms with E-state index < -0.39 is 5.60 Å². The van der Waals surface area contributed by atoms with Gasteiger partial charge >= 0.3 is 5.97 Å². The van der Waals surface area contributed by atoms with Gasteiger partial charge in [0.2, 0.25) is 0 Å². The predicted molar refractivity (Wildman–Crippen MR) is 64.0 cm³/mol. The van der Waals surface area contributed by atoms with Gasteiger partial charge in [0, 0.05) is 10.4 Å². The zero-order valence-electron chi connectivity index (χ0n) is 8.91. The number of ether oxygens (including phenoxy) is 1. The second kappa shape index (κ2) is 4.81. The van der Waals surface area contributed by atoms with E-state index in [1.54, 1.807) is 0 Å². The lowest BCUT2D eigenvalue weighted by atomic mass is 10.2. The summed E-state index contributed by atoms with van der Waals surface area (Å²) in [5, 5.41) is 1.89. The molecule has 0 aliphatic carbocycles. The van der Waals surface area contributed by atoms with Gasteiger partial charge in [-0.1, -0.05) is 17.7 Å². The summed E-state index contributed by atoms with van der Waals surface area (Å²) in [6, 6.07) is 3.70. The summed E-state index contributed by atoms with van der Waals surface area (Å²) in [4.78, 5) is 12.5. The van der Waals surface area contributed by atoms with E-state index in [-0.39, 0.29) is 5.97 Å². The van der Waals surface area contributed by atoms with Crippen LogP contribution in [0.1, 0.15) is 25.6 Å². The maximum absolute atomic E-state index is 11.7. The number of rotatable bonds is 2. The van der Waals surface area contributed by atoms with E-state index in [4.69, 9.17) is 16.3 Å². The van der Waals surface area contributed by atoms with Crippen molar-refractivity contribution in [3.8, 4) is 0 Å². The largest absolute Gasteiger partial charge is 0.456 e. The normalized spacial score (nSPS) is 12.7. The minimum absolute atomic E-state index is 0.389. The van der Waals surface area contributed by atoms with Gasteiger partial charge in [-0.15, -0.1) is 11.3 Å². The Hall–Kier alpha value is -0.800. The van der Waals surface area contributed by atoms with Gasteiger partial charge in [0.05, 0.1) is 5.57 Å². The van der Waals surface area contributed by atoms with Crippen LogP contribution < -0.4 is 0 Å². The van der Waals surface area contributed by atoms with Crippen molar-refractivity contribution in [3.05, 3.63) is 27.9 Å². The molecule has 0 aromatic carbocycles. The second-order valence-electron chi connectivity index (χ2n) is 4.00. The molecule has 0 saturated carbocycles. The molecular formula is C11H13ClO2S. The Balaban J connectivity index is 2.83. The lowest BCUT2D eigenvalue weighted by Gasteiger charge is -2.19. The molecule has 0 amide bonds. The van der Waals surface area contributed by atoms with Crippen LogP contribution in [0.25, 0.3) is 5.57 Å². The van der Waals surface area contributed by atoms with Crippen LogP contribution in [0.3, 0.4) is 0 Å². The van der Waals surface area contributed by atoms with E-state index in [9.17, 15) is 4.79 Å². The van der Waals surface area contributed by atoms with Crippen molar-refractivity contribution in [1.29, 1.82) is 0 Å². The Morgan fingerprint density at radius 3 is 2.60 bits per heavy atom. The fraction of sp³-hybridized carbons (Fsp3) is 0.364. The molecule has 1 aromatic rings. The van der Waals surface area contributed by atoms with Gasteiger partial charge in [0.1, 0.15) is 5.60 Å². The molecule has 0 aliphatic rings. The molecule has 0 fully saturated rings. The minimum Gasteiger partial charge on any atom is -0.456 e. The molecule has 1 rings (SSSR count). The molecule has 1 aromatic heterocycles. The van der Waals surface area contributed by atoms with Crippen LogP contribution in [0, 0.1) is 0 Å². The molecule has 0 N–H and O–H groups in total. The number of carbonyl (C=O) groups is 1. The SMILES string of the molecule is CC(C)(C)OC(=O)/C(=C/Cl)c1cccs1. The number of hydrogen-bond acceptors (Lipinski definition) is 3. The topological polar surface area (TPSA) is 26.3 Å². The Kier molecular flexibility index (Phi) is 3.94. The second-order valence-corrected chi connectivity index (χ2v) is 5.17. The molecule has 0 atom stereocenters. The van der Waals surface area contributed by atoms with Gasteiger partial charge in [0.25, 0.3) is 0 Å². The summed E-state index contributed by atoms with van der Waals surface area (Å²) >= 11 is 7.08. The molecule has 0 saturated heterocycles. The first-order valence-corrected chi connectivity index (χ1v) is 5.83. The molecule has 82 valence electrons. The molecule has 0 radical (unpaired) electrons. The van der Waals surface area contributed by atoms with Gasteiger partial charge in [-0.2, -0.15) is 0 Å². The highest BCUT2D eigenvalue weighted by Crippen LogP contribution is 2.24. The van der Waals surface area contributed by atoms with Crippen molar-refractivity contribution in [2.75, 3.05) is 0 Å². The van der Waals surface area contributed by atoms with Crippen molar-refractivity contribution in [1.82, 2.24) is 0 Å².